The second-order valence-electron chi connectivity index (χ2n) is 4.43. The summed E-state index contributed by atoms with van der Waals surface area (Å²) < 4.78 is 5.64. The third-order valence-corrected chi connectivity index (χ3v) is 2.11. The lowest BCUT2D eigenvalue weighted by atomic mass is 10.1. The molecule has 1 heteroatoms. The average molecular weight is 192 g/mol. The molecule has 14 heavy (non-hydrogen) atoms. The van der Waals surface area contributed by atoms with E-state index in [0.717, 1.165) is 17.9 Å². The zero-order valence-electron chi connectivity index (χ0n) is 9.58. The van der Waals surface area contributed by atoms with Crippen molar-refractivity contribution in [1.29, 1.82) is 0 Å². The Morgan fingerprint density at radius 2 is 1.93 bits per heavy atom. The summed E-state index contributed by atoms with van der Waals surface area (Å²) in [5.41, 5.74) is 0. The first-order valence-corrected chi connectivity index (χ1v) is 5.36. The molecule has 0 spiro atoms. The second-order valence-corrected chi connectivity index (χ2v) is 4.43. The fourth-order valence-corrected chi connectivity index (χ4v) is 1.22. The van der Waals surface area contributed by atoms with Crippen molar-refractivity contribution in [3.8, 4) is 0 Å². The molecule has 0 radical (unpaired) electrons. The lowest BCUT2D eigenvalue weighted by Gasteiger charge is -1.97. The van der Waals surface area contributed by atoms with Crippen LogP contribution in [-0.2, 0) is 0 Å². The van der Waals surface area contributed by atoms with Gasteiger partial charge in [-0.05, 0) is 30.5 Å². The molecular weight excluding hydrogens is 172 g/mol. The Hall–Kier alpha value is -0.980. The highest BCUT2D eigenvalue weighted by Gasteiger charge is 2.03. The topological polar surface area (TPSA) is 13.1 Å². The molecule has 78 valence electrons. The molecule has 0 unspecified atom stereocenters. The summed E-state index contributed by atoms with van der Waals surface area (Å²) in [6, 6.07) is 4.09. The van der Waals surface area contributed by atoms with Crippen LogP contribution in [0.5, 0.6) is 0 Å². The molecule has 0 fully saturated rings. The summed E-state index contributed by atoms with van der Waals surface area (Å²) in [6.45, 7) is 8.71. The van der Waals surface area contributed by atoms with Crippen LogP contribution in [0.2, 0.25) is 0 Å². The summed E-state index contributed by atoms with van der Waals surface area (Å²) in [5, 5.41) is 0. The lowest BCUT2D eigenvalue weighted by Crippen LogP contribution is -1.81. The van der Waals surface area contributed by atoms with Gasteiger partial charge in [0.1, 0.15) is 11.5 Å². The maximum Gasteiger partial charge on any atom is 0.126 e. The molecule has 0 aromatic carbocycles. The minimum atomic E-state index is 0.474. The quantitative estimate of drug-likeness (QED) is 0.686. The number of hydrogen-bond donors (Lipinski definition) is 0. The van der Waals surface area contributed by atoms with Gasteiger partial charge in [0.15, 0.2) is 0 Å². The standard InChI is InChI=1S/C13H20O/c1-10(2)6-5-7-12-8-9-13(14-12)11(3)4/h5,7-11H,6H2,1-4H3/b7-5+. The van der Waals surface area contributed by atoms with Gasteiger partial charge in [-0.2, -0.15) is 0 Å². The van der Waals surface area contributed by atoms with Crippen molar-refractivity contribution in [3.63, 3.8) is 0 Å². The van der Waals surface area contributed by atoms with E-state index < -0.39 is 0 Å². The van der Waals surface area contributed by atoms with Gasteiger partial charge in [-0.1, -0.05) is 33.8 Å². The van der Waals surface area contributed by atoms with Gasteiger partial charge in [0.2, 0.25) is 0 Å². The van der Waals surface area contributed by atoms with Crippen LogP contribution in [0, 0.1) is 5.92 Å². The number of allylic oxidation sites excluding steroid dienone is 1. The molecule has 0 saturated heterocycles. The Balaban J connectivity index is 2.55. The highest BCUT2D eigenvalue weighted by Crippen LogP contribution is 2.18. The number of rotatable bonds is 4. The summed E-state index contributed by atoms with van der Waals surface area (Å²) in [5.74, 6) is 3.22. The minimum Gasteiger partial charge on any atom is -0.461 e. The molecule has 0 saturated carbocycles. The lowest BCUT2D eigenvalue weighted by molar-refractivity contribution is 0.479. The third-order valence-electron chi connectivity index (χ3n) is 2.11. The van der Waals surface area contributed by atoms with Gasteiger partial charge in [-0.25, -0.2) is 0 Å². The van der Waals surface area contributed by atoms with Crippen LogP contribution >= 0.6 is 0 Å². The van der Waals surface area contributed by atoms with Gasteiger partial charge in [0, 0.05) is 5.92 Å². The average Bonchev–Trinajstić information content (AvgIpc) is 2.52. The van der Waals surface area contributed by atoms with Gasteiger partial charge in [-0.15, -0.1) is 0 Å². The van der Waals surface area contributed by atoms with E-state index in [2.05, 4.69) is 45.9 Å². The summed E-state index contributed by atoms with van der Waals surface area (Å²) in [7, 11) is 0. The van der Waals surface area contributed by atoms with Gasteiger partial charge in [0.25, 0.3) is 0 Å². The Morgan fingerprint density at radius 3 is 2.43 bits per heavy atom. The normalized spacial score (nSPS) is 12.1. The first kappa shape index (κ1) is 11.1. The van der Waals surface area contributed by atoms with E-state index in [1.165, 1.54) is 0 Å². The van der Waals surface area contributed by atoms with Crippen molar-refractivity contribution < 1.29 is 4.42 Å². The molecule has 0 aliphatic rings. The van der Waals surface area contributed by atoms with Crippen molar-refractivity contribution in [2.24, 2.45) is 5.92 Å². The molecule has 0 N–H and O–H groups in total. The fraction of sp³-hybridized carbons (Fsp3) is 0.538. The van der Waals surface area contributed by atoms with E-state index in [1.807, 2.05) is 6.07 Å². The highest BCUT2D eigenvalue weighted by atomic mass is 16.3. The van der Waals surface area contributed by atoms with Crippen LogP contribution in [0.3, 0.4) is 0 Å². The SMILES string of the molecule is CC(C)C/C=C/c1ccc(C(C)C)o1. The van der Waals surface area contributed by atoms with Crippen LogP contribution in [-0.4, -0.2) is 0 Å². The fourth-order valence-electron chi connectivity index (χ4n) is 1.22. The number of furan rings is 1. The molecule has 0 amide bonds. The third kappa shape index (κ3) is 3.41. The first-order chi connectivity index (χ1) is 6.59. The van der Waals surface area contributed by atoms with E-state index in [1.54, 1.807) is 0 Å². The van der Waals surface area contributed by atoms with E-state index in [9.17, 15) is 0 Å². The molecule has 0 atom stereocenters. The molecule has 1 aromatic heterocycles. The van der Waals surface area contributed by atoms with Crippen LogP contribution in [0.1, 0.15) is 51.6 Å². The van der Waals surface area contributed by atoms with E-state index >= 15 is 0 Å². The van der Waals surface area contributed by atoms with Crippen molar-refractivity contribution in [2.75, 3.05) is 0 Å². The summed E-state index contributed by atoms with van der Waals surface area (Å²) in [4.78, 5) is 0. The van der Waals surface area contributed by atoms with Crippen molar-refractivity contribution >= 4 is 6.08 Å². The van der Waals surface area contributed by atoms with E-state index in [-0.39, 0.29) is 0 Å². The number of hydrogen-bond acceptors (Lipinski definition) is 1. The van der Waals surface area contributed by atoms with Gasteiger partial charge >= 0.3 is 0 Å². The van der Waals surface area contributed by atoms with Crippen molar-refractivity contribution in [1.82, 2.24) is 0 Å². The monoisotopic (exact) mass is 192 g/mol. The Bertz CT molecular complexity index is 292. The van der Waals surface area contributed by atoms with Crippen LogP contribution in [0.4, 0.5) is 0 Å². The first-order valence-electron chi connectivity index (χ1n) is 5.36. The predicted molar refractivity (Wildman–Crippen MR) is 61.3 cm³/mol. The van der Waals surface area contributed by atoms with E-state index in [0.29, 0.717) is 11.8 Å². The second kappa shape index (κ2) is 5.04. The zero-order valence-corrected chi connectivity index (χ0v) is 9.58. The molecular formula is C13H20O. The zero-order chi connectivity index (χ0) is 10.6. The molecule has 1 nitrogen and oxygen atoms in total. The Morgan fingerprint density at radius 1 is 1.21 bits per heavy atom. The molecule has 1 aromatic rings. The Kier molecular flexibility index (Phi) is 3.99. The van der Waals surface area contributed by atoms with Crippen LogP contribution < -0.4 is 0 Å². The minimum absolute atomic E-state index is 0.474. The molecule has 1 heterocycles. The molecule has 0 aliphatic carbocycles. The maximum absolute atomic E-state index is 5.64. The summed E-state index contributed by atoms with van der Waals surface area (Å²) >= 11 is 0. The van der Waals surface area contributed by atoms with Gasteiger partial charge in [-0.3, -0.25) is 0 Å². The van der Waals surface area contributed by atoms with Crippen molar-refractivity contribution in [3.05, 3.63) is 29.7 Å². The van der Waals surface area contributed by atoms with E-state index in [4.69, 9.17) is 4.42 Å². The Labute approximate surface area is 86.8 Å². The van der Waals surface area contributed by atoms with Gasteiger partial charge in [0.05, 0.1) is 0 Å². The van der Waals surface area contributed by atoms with Crippen molar-refractivity contribution in [2.45, 2.75) is 40.0 Å². The molecule has 0 bridgehead atoms. The van der Waals surface area contributed by atoms with Gasteiger partial charge < -0.3 is 4.42 Å². The van der Waals surface area contributed by atoms with Crippen LogP contribution in [0.25, 0.3) is 6.08 Å². The smallest absolute Gasteiger partial charge is 0.126 e. The largest absolute Gasteiger partial charge is 0.461 e. The molecule has 1 rings (SSSR count). The summed E-state index contributed by atoms with van der Waals surface area (Å²) in [6.07, 6.45) is 5.34. The molecule has 0 aliphatic heterocycles. The highest BCUT2D eigenvalue weighted by molar-refractivity contribution is 5.42. The van der Waals surface area contributed by atoms with Crippen LogP contribution in [0.15, 0.2) is 22.6 Å². The predicted octanol–water partition coefficient (Wildman–Crippen LogP) is 4.46. The maximum atomic E-state index is 5.64.